The second-order valence-electron chi connectivity index (χ2n) is 2.80. The lowest BCUT2D eigenvalue weighted by Crippen LogP contribution is -1.95. The number of aromatic nitrogens is 1. The fourth-order valence-corrected chi connectivity index (χ4v) is 1.33. The second-order valence-corrected chi connectivity index (χ2v) is 2.80. The fourth-order valence-electron chi connectivity index (χ4n) is 1.33. The van der Waals surface area contributed by atoms with Crippen LogP contribution in [0, 0.1) is 0 Å². The molecule has 0 saturated heterocycles. The maximum atomic E-state index is 9.51. The van der Waals surface area contributed by atoms with E-state index < -0.39 is 0 Å². The van der Waals surface area contributed by atoms with E-state index in [-0.39, 0.29) is 5.75 Å². The number of benzene rings is 1. The quantitative estimate of drug-likeness (QED) is 0.559. The van der Waals surface area contributed by atoms with Crippen LogP contribution in [-0.4, -0.2) is 10.1 Å². The minimum absolute atomic E-state index is 0.129. The highest BCUT2D eigenvalue weighted by atomic mass is 16.3. The predicted octanol–water partition coefficient (Wildman–Crippen LogP) is 1.10. The molecule has 0 spiro atoms. The van der Waals surface area contributed by atoms with Crippen LogP contribution < -0.4 is 11.5 Å². The van der Waals surface area contributed by atoms with Gasteiger partial charge in [-0.3, -0.25) is 0 Å². The van der Waals surface area contributed by atoms with Crippen molar-refractivity contribution in [1.29, 1.82) is 0 Å². The van der Waals surface area contributed by atoms with Crippen molar-refractivity contribution >= 4 is 22.3 Å². The Hall–Kier alpha value is -1.97. The summed E-state index contributed by atoms with van der Waals surface area (Å²) in [5, 5.41) is 10.8. The third kappa shape index (κ3) is 1.03. The summed E-state index contributed by atoms with van der Waals surface area (Å²) < 4.78 is 0. The minimum atomic E-state index is 0.129. The molecule has 0 bridgehead atoms. The molecule has 4 heteroatoms. The van der Waals surface area contributed by atoms with Gasteiger partial charge in [-0.25, -0.2) is 4.98 Å². The van der Waals surface area contributed by atoms with Crippen LogP contribution in [-0.2, 0) is 0 Å². The molecular weight excluding hydrogens is 166 g/mol. The van der Waals surface area contributed by atoms with E-state index >= 15 is 0 Å². The van der Waals surface area contributed by atoms with E-state index in [4.69, 9.17) is 11.5 Å². The van der Waals surface area contributed by atoms with Gasteiger partial charge in [0.05, 0.1) is 17.3 Å². The normalized spacial score (nSPS) is 10.5. The molecule has 5 N–H and O–H groups in total. The number of anilines is 2. The molecule has 13 heavy (non-hydrogen) atoms. The topological polar surface area (TPSA) is 85.2 Å². The molecule has 0 atom stereocenters. The van der Waals surface area contributed by atoms with Crippen molar-refractivity contribution < 1.29 is 5.11 Å². The van der Waals surface area contributed by atoms with Gasteiger partial charge < -0.3 is 16.6 Å². The molecule has 2 rings (SSSR count). The molecule has 4 nitrogen and oxygen atoms in total. The van der Waals surface area contributed by atoms with Crippen molar-refractivity contribution in [1.82, 2.24) is 4.98 Å². The van der Waals surface area contributed by atoms with Crippen LogP contribution in [0.25, 0.3) is 10.8 Å². The second kappa shape index (κ2) is 2.52. The molecule has 66 valence electrons. The van der Waals surface area contributed by atoms with Gasteiger partial charge in [0.15, 0.2) is 0 Å². The Bertz CT molecular complexity index is 459. The number of fused-ring (bicyclic) bond motifs is 1. The molecule has 0 aliphatic carbocycles. The molecule has 0 aliphatic rings. The van der Waals surface area contributed by atoms with E-state index in [9.17, 15) is 5.11 Å². The average Bonchev–Trinajstić information content (AvgIpc) is 2.12. The first kappa shape index (κ1) is 7.67. The number of hydrogen-bond acceptors (Lipinski definition) is 4. The Kier molecular flexibility index (Phi) is 1.48. The van der Waals surface area contributed by atoms with Gasteiger partial charge in [0, 0.05) is 5.39 Å². The van der Waals surface area contributed by atoms with Gasteiger partial charge in [-0.05, 0) is 6.07 Å². The molecule has 1 heterocycles. The first-order valence-corrected chi connectivity index (χ1v) is 3.82. The van der Waals surface area contributed by atoms with E-state index in [1.165, 1.54) is 6.20 Å². The van der Waals surface area contributed by atoms with Crippen molar-refractivity contribution in [2.75, 3.05) is 11.5 Å². The monoisotopic (exact) mass is 175 g/mol. The zero-order valence-corrected chi connectivity index (χ0v) is 6.86. The molecule has 1 aromatic carbocycles. The Morgan fingerprint density at radius 3 is 2.69 bits per heavy atom. The highest BCUT2D eigenvalue weighted by molar-refractivity contribution is 6.02. The van der Waals surface area contributed by atoms with Gasteiger partial charge in [-0.2, -0.15) is 0 Å². The van der Waals surface area contributed by atoms with Crippen molar-refractivity contribution in [3.63, 3.8) is 0 Å². The van der Waals surface area contributed by atoms with Gasteiger partial charge in [0.1, 0.15) is 11.6 Å². The van der Waals surface area contributed by atoms with Crippen molar-refractivity contribution in [2.45, 2.75) is 0 Å². The number of hydrogen-bond donors (Lipinski definition) is 3. The number of nitrogens with two attached hydrogens (primary N) is 2. The number of aromatic hydroxyl groups is 1. The van der Waals surface area contributed by atoms with Crippen molar-refractivity contribution in [3.8, 4) is 5.75 Å². The summed E-state index contributed by atoms with van der Waals surface area (Å²) in [6.45, 7) is 0. The van der Waals surface area contributed by atoms with Crippen LogP contribution in [0.5, 0.6) is 5.75 Å². The largest absolute Gasteiger partial charge is 0.507 e. The smallest absolute Gasteiger partial charge is 0.131 e. The molecule has 0 aliphatic heterocycles. The summed E-state index contributed by atoms with van der Waals surface area (Å²) in [5.41, 5.74) is 11.7. The number of nitrogens with zero attached hydrogens (tertiary/aromatic N) is 1. The maximum Gasteiger partial charge on any atom is 0.131 e. The lowest BCUT2D eigenvalue weighted by atomic mass is 10.1. The zero-order chi connectivity index (χ0) is 9.42. The van der Waals surface area contributed by atoms with Crippen LogP contribution in [0.4, 0.5) is 11.5 Å². The molecule has 0 amide bonds. The van der Waals surface area contributed by atoms with E-state index in [1.54, 1.807) is 18.2 Å². The Balaban J connectivity index is 3.00. The summed E-state index contributed by atoms with van der Waals surface area (Å²) >= 11 is 0. The number of rotatable bonds is 0. The number of phenols is 1. The summed E-state index contributed by atoms with van der Waals surface area (Å²) in [6.07, 6.45) is 1.44. The third-order valence-corrected chi connectivity index (χ3v) is 1.95. The Morgan fingerprint density at radius 1 is 1.23 bits per heavy atom. The van der Waals surface area contributed by atoms with E-state index in [2.05, 4.69) is 4.98 Å². The van der Waals surface area contributed by atoms with Crippen LogP contribution in [0.2, 0.25) is 0 Å². The molecule has 2 aromatic rings. The van der Waals surface area contributed by atoms with E-state index in [0.717, 1.165) is 0 Å². The lowest BCUT2D eigenvalue weighted by Gasteiger charge is -2.05. The molecular formula is C9H9N3O. The summed E-state index contributed by atoms with van der Waals surface area (Å²) in [4.78, 5) is 3.89. The van der Waals surface area contributed by atoms with Crippen molar-refractivity contribution in [3.05, 3.63) is 24.4 Å². The van der Waals surface area contributed by atoms with E-state index in [0.29, 0.717) is 22.3 Å². The third-order valence-electron chi connectivity index (χ3n) is 1.95. The van der Waals surface area contributed by atoms with Gasteiger partial charge in [0.2, 0.25) is 0 Å². The van der Waals surface area contributed by atoms with Gasteiger partial charge in [-0.15, -0.1) is 0 Å². The van der Waals surface area contributed by atoms with Crippen LogP contribution in [0.3, 0.4) is 0 Å². The average molecular weight is 175 g/mol. The lowest BCUT2D eigenvalue weighted by molar-refractivity contribution is 0.482. The minimum Gasteiger partial charge on any atom is -0.507 e. The number of nitrogen functional groups attached to an aromatic ring is 2. The van der Waals surface area contributed by atoms with Gasteiger partial charge in [-0.1, -0.05) is 12.1 Å². The molecule has 0 radical (unpaired) electrons. The SMILES string of the molecule is Nc1ncc(N)c2c(O)cccc12. The highest BCUT2D eigenvalue weighted by Gasteiger charge is 2.05. The summed E-state index contributed by atoms with van der Waals surface area (Å²) in [5.74, 6) is 0.504. The highest BCUT2D eigenvalue weighted by Crippen LogP contribution is 2.31. The Labute approximate surface area is 74.8 Å². The predicted molar refractivity (Wildman–Crippen MR) is 52.2 cm³/mol. The zero-order valence-electron chi connectivity index (χ0n) is 6.86. The number of phenolic OH excluding ortho intramolecular Hbond substituents is 1. The van der Waals surface area contributed by atoms with E-state index in [1.807, 2.05) is 0 Å². The summed E-state index contributed by atoms with van der Waals surface area (Å²) in [7, 11) is 0. The van der Waals surface area contributed by atoms with Gasteiger partial charge in [0.25, 0.3) is 0 Å². The molecule has 0 fully saturated rings. The van der Waals surface area contributed by atoms with Crippen LogP contribution in [0.15, 0.2) is 24.4 Å². The fraction of sp³-hybridized carbons (Fsp3) is 0. The first-order valence-electron chi connectivity index (χ1n) is 3.82. The molecule has 0 saturated carbocycles. The molecule has 0 unspecified atom stereocenters. The van der Waals surface area contributed by atoms with Gasteiger partial charge >= 0.3 is 0 Å². The first-order chi connectivity index (χ1) is 6.20. The number of pyridine rings is 1. The Morgan fingerprint density at radius 2 is 2.00 bits per heavy atom. The summed E-state index contributed by atoms with van der Waals surface area (Å²) in [6, 6.07) is 5.04. The maximum absolute atomic E-state index is 9.51. The van der Waals surface area contributed by atoms with Crippen LogP contribution >= 0.6 is 0 Å². The van der Waals surface area contributed by atoms with Crippen molar-refractivity contribution in [2.24, 2.45) is 0 Å². The van der Waals surface area contributed by atoms with Crippen LogP contribution in [0.1, 0.15) is 0 Å². The standard InChI is InChI=1S/C9H9N3O/c10-6-4-12-9(11)5-2-1-3-7(13)8(5)6/h1-4,13H,10H2,(H2,11,12). The molecule has 1 aromatic heterocycles.